The Kier molecular flexibility index (Phi) is 8.72. The average Bonchev–Trinajstić information content (AvgIpc) is 2.56. The number of rotatable bonds is 9. The Morgan fingerprint density at radius 3 is 2.50 bits per heavy atom. The second kappa shape index (κ2) is 10.7. The van der Waals surface area contributed by atoms with Crippen LogP contribution in [0.1, 0.15) is 44.6 Å². The Morgan fingerprint density at radius 2 is 1.86 bits per heavy atom. The van der Waals surface area contributed by atoms with Gasteiger partial charge < -0.3 is 14.8 Å². The standard InChI is InChI=1S/C17H25NO4/c1-3-4-5-9-12-15(16(19)21-2)18-17(20)22-13-14-10-7-6-8-11-14/h6-8,10-11,15H,3-5,9,12-13H2,1-2H3,(H,18,20)/t15-/m1/s1. The van der Waals surface area contributed by atoms with Crippen molar-refractivity contribution in [3.05, 3.63) is 35.9 Å². The number of methoxy groups -OCH3 is 1. The number of carbonyl (C=O) groups excluding carboxylic acids is 2. The largest absolute Gasteiger partial charge is 0.467 e. The fourth-order valence-corrected chi connectivity index (χ4v) is 2.07. The van der Waals surface area contributed by atoms with E-state index in [0.717, 1.165) is 31.2 Å². The number of ether oxygens (including phenoxy) is 2. The van der Waals surface area contributed by atoms with Crippen molar-refractivity contribution in [1.29, 1.82) is 0 Å². The third kappa shape index (κ3) is 7.11. The molecule has 1 amide bonds. The maximum absolute atomic E-state index is 11.8. The minimum atomic E-state index is -0.648. The van der Waals surface area contributed by atoms with Gasteiger partial charge in [0.15, 0.2) is 0 Å². The van der Waals surface area contributed by atoms with Crippen molar-refractivity contribution in [3.63, 3.8) is 0 Å². The van der Waals surface area contributed by atoms with Gasteiger partial charge in [0.1, 0.15) is 12.6 Å². The lowest BCUT2D eigenvalue weighted by atomic mass is 10.1. The van der Waals surface area contributed by atoms with E-state index in [-0.39, 0.29) is 6.61 Å². The van der Waals surface area contributed by atoms with E-state index in [1.165, 1.54) is 7.11 Å². The second-order valence-corrected chi connectivity index (χ2v) is 5.13. The van der Waals surface area contributed by atoms with Gasteiger partial charge in [0.25, 0.3) is 0 Å². The molecule has 1 aromatic carbocycles. The molecule has 0 spiro atoms. The molecule has 1 atom stereocenters. The van der Waals surface area contributed by atoms with E-state index in [0.29, 0.717) is 6.42 Å². The Balaban J connectivity index is 2.39. The molecule has 0 aliphatic carbocycles. The quantitative estimate of drug-likeness (QED) is 0.561. The van der Waals surface area contributed by atoms with Crippen LogP contribution in [-0.4, -0.2) is 25.2 Å². The monoisotopic (exact) mass is 307 g/mol. The maximum atomic E-state index is 11.8. The Hall–Kier alpha value is -2.04. The summed E-state index contributed by atoms with van der Waals surface area (Å²) in [6.45, 7) is 2.30. The molecule has 1 aromatic rings. The van der Waals surface area contributed by atoms with Crippen LogP contribution in [-0.2, 0) is 20.9 Å². The molecule has 1 N–H and O–H groups in total. The van der Waals surface area contributed by atoms with Crippen LogP contribution >= 0.6 is 0 Å². The van der Waals surface area contributed by atoms with E-state index >= 15 is 0 Å². The summed E-state index contributed by atoms with van der Waals surface area (Å²) >= 11 is 0. The zero-order valence-corrected chi connectivity index (χ0v) is 13.3. The van der Waals surface area contributed by atoms with Crippen molar-refractivity contribution < 1.29 is 19.1 Å². The lowest BCUT2D eigenvalue weighted by molar-refractivity contribution is -0.143. The van der Waals surface area contributed by atoms with Gasteiger partial charge in [0.05, 0.1) is 7.11 Å². The highest BCUT2D eigenvalue weighted by Gasteiger charge is 2.21. The minimum absolute atomic E-state index is 0.177. The number of hydrogen-bond donors (Lipinski definition) is 1. The zero-order valence-electron chi connectivity index (χ0n) is 13.3. The van der Waals surface area contributed by atoms with Crippen LogP contribution in [0, 0.1) is 0 Å². The van der Waals surface area contributed by atoms with Gasteiger partial charge in [0, 0.05) is 0 Å². The van der Waals surface area contributed by atoms with Crippen molar-refractivity contribution in [2.45, 2.75) is 51.7 Å². The van der Waals surface area contributed by atoms with Gasteiger partial charge in [-0.25, -0.2) is 9.59 Å². The molecule has 122 valence electrons. The van der Waals surface area contributed by atoms with E-state index in [1.807, 2.05) is 30.3 Å². The van der Waals surface area contributed by atoms with Crippen LogP contribution in [0.25, 0.3) is 0 Å². The predicted octanol–water partition coefficient (Wildman–Crippen LogP) is 3.42. The van der Waals surface area contributed by atoms with Gasteiger partial charge in [-0.3, -0.25) is 0 Å². The van der Waals surface area contributed by atoms with Crippen molar-refractivity contribution in [2.75, 3.05) is 7.11 Å². The summed E-state index contributed by atoms with van der Waals surface area (Å²) in [6.07, 6.45) is 4.10. The van der Waals surface area contributed by atoms with Crippen LogP contribution < -0.4 is 5.32 Å². The molecule has 5 heteroatoms. The molecule has 0 saturated carbocycles. The minimum Gasteiger partial charge on any atom is -0.467 e. The summed E-state index contributed by atoms with van der Waals surface area (Å²) < 4.78 is 9.85. The first-order valence-electron chi connectivity index (χ1n) is 7.72. The number of hydrogen-bond acceptors (Lipinski definition) is 4. The first-order valence-corrected chi connectivity index (χ1v) is 7.72. The van der Waals surface area contributed by atoms with Crippen LogP contribution in [0.4, 0.5) is 4.79 Å². The highest BCUT2D eigenvalue weighted by Crippen LogP contribution is 2.08. The van der Waals surface area contributed by atoms with Gasteiger partial charge in [-0.1, -0.05) is 62.9 Å². The van der Waals surface area contributed by atoms with Gasteiger partial charge in [-0.05, 0) is 12.0 Å². The lowest BCUT2D eigenvalue weighted by Gasteiger charge is -2.16. The summed E-state index contributed by atoms with van der Waals surface area (Å²) in [5.41, 5.74) is 0.898. The van der Waals surface area contributed by atoms with Crippen LogP contribution in [0.5, 0.6) is 0 Å². The predicted molar refractivity (Wildman–Crippen MR) is 84.3 cm³/mol. The topological polar surface area (TPSA) is 64.6 Å². The lowest BCUT2D eigenvalue weighted by Crippen LogP contribution is -2.41. The van der Waals surface area contributed by atoms with Crippen molar-refractivity contribution in [2.24, 2.45) is 0 Å². The molecule has 1 rings (SSSR count). The first kappa shape index (κ1) is 18.0. The zero-order chi connectivity index (χ0) is 16.2. The SMILES string of the molecule is CCCCCC[C@@H](NC(=O)OCc1ccccc1)C(=O)OC. The van der Waals surface area contributed by atoms with E-state index in [9.17, 15) is 9.59 Å². The number of benzene rings is 1. The molecule has 0 radical (unpaired) electrons. The molecule has 5 nitrogen and oxygen atoms in total. The van der Waals surface area contributed by atoms with Crippen LogP contribution in [0.3, 0.4) is 0 Å². The summed E-state index contributed by atoms with van der Waals surface area (Å²) in [7, 11) is 1.32. The molecule has 0 fully saturated rings. The molecule has 22 heavy (non-hydrogen) atoms. The summed E-state index contributed by atoms with van der Waals surface area (Å²) in [6, 6.07) is 8.74. The maximum Gasteiger partial charge on any atom is 0.408 e. The molecular formula is C17H25NO4. The van der Waals surface area contributed by atoms with E-state index < -0.39 is 18.1 Å². The summed E-state index contributed by atoms with van der Waals surface area (Å²) in [4.78, 5) is 23.5. The van der Waals surface area contributed by atoms with E-state index in [1.54, 1.807) is 0 Å². The molecule has 0 aromatic heterocycles. The fraction of sp³-hybridized carbons (Fsp3) is 0.529. The number of carbonyl (C=O) groups is 2. The Labute approximate surface area is 132 Å². The number of unbranched alkanes of at least 4 members (excludes halogenated alkanes) is 3. The molecular weight excluding hydrogens is 282 g/mol. The number of alkyl carbamates (subject to hydrolysis) is 1. The molecule has 0 heterocycles. The highest BCUT2D eigenvalue weighted by molar-refractivity contribution is 5.81. The normalized spacial score (nSPS) is 11.5. The average molecular weight is 307 g/mol. The number of amides is 1. The van der Waals surface area contributed by atoms with E-state index in [4.69, 9.17) is 9.47 Å². The number of esters is 1. The molecule has 0 aliphatic rings. The van der Waals surface area contributed by atoms with Crippen molar-refractivity contribution >= 4 is 12.1 Å². The molecule has 0 saturated heterocycles. The third-order valence-electron chi connectivity index (χ3n) is 3.34. The summed E-state index contributed by atoms with van der Waals surface area (Å²) in [5.74, 6) is -0.437. The van der Waals surface area contributed by atoms with Gasteiger partial charge >= 0.3 is 12.1 Å². The smallest absolute Gasteiger partial charge is 0.408 e. The van der Waals surface area contributed by atoms with Crippen molar-refractivity contribution in [1.82, 2.24) is 5.32 Å². The fourth-order valence-electron chi connectivity index (χ4n) is 2.07. The van der Waals surface area contributed by atoms with E-state index in [2.05, 4.69) is 12.2 Å². The Morgan fingerprint density at radius 1 is 1.14 bits per heavy atom. The molecule has 0 unspecified atom stereocenters. The molecule has 0 aliphatic heterocycles. The number of nitrogens with one attached hydrogen (secondary N) is 1. The first-order chi connectivity index (χ1) is 10.7. The summed E-state index contributed by atoms with van der Waals surface area (Å²) in [5, 5.41) is 2.58. The van der Waals surface area contributed by atoms with Gasteiger partial charge in [0.2, 0.25) is 0 Å². The van der Waals surface area contributed by atoms with Crippen LogP contribution in [0.15, 0.2) is 30.3 Å². The van der Waals surface area contributed by atoms with Crippen LogP contribution in [0.2, 0.25) is 0 Å². The van der Waals surface area contributed by atoms with Gasteiger partial charge in [-0.2, -0.15) is 0 Å². The third-order valence-corrected chi connectivity index (χ3v) is 3.34. The second-order valence-electron chi connectivity index (χ2n) is 5.13. The van der Waals surface area contributed by atoms with Gasteiger partial charge in [-0.15, -0.1) is 0 Å². The highest BCUT2D eigenvalue weighted by atomic mass is 16.6. The van der Waals surface area contributed by atoms with Crippen molar-refractivity contribution in [3.8, 4) is 0 Å². The Bertz CT molecular complexity index is 447. The molecule has 0 bridgehead atoms.